The predicted molar refractivity (Wildman–Crippen MR) is 97.6 cm³/mol. The van der Waals surface area contributed by atoms with Gasteiger partial charge in [-0.2, -0.15) is 5.26 Å². The molecule has 4 nitrogen and oxygen atoms in total. The third-order valence-electron chi connectivity index (χ3n) is 3.44. The summed E-state index contributed by atoms with van der Waals surface area (Å²) in [7, 11) is 0. The van der Waals surface area contributed by atoms with Gasteiger partial charge in [-0.1, -0.05) is 42.0 Å². The summed E-state index contributed by atoms with van der Waals surface area (Å²) in [5, 5.41) is 17.7. The van der Waals surface area contributed by atoms with E-state index in [-0.39, 0.29) is 5.25 Å². The lowest BCUT2D eigenvalue weighted by molar-refractivity contribution is 0.465. The molecule has 0 amide bonds. The molecule has 1 atom stereocenters. The minimum absolute atomic E-state index is 0.278. The number of halogens is 1. The van der Waals surface area contributed by atoms with Gasteiger partial charge in [0.15, 0.2) is 0 Å². The molecule has 0 radical (unpaired) electrons. The maximum Gasteiger partial charge on any atom is 0.278 e. The van der Waals surface area contributed by atoms with Gasteiger partial charge < -0.3 is 4.42 Å². The lowest BCUT2D eigenvalue weighted by atomic mass is 10.1. The highest BCUT2D eigenvalue weighted by atomic mass is 79.9. The van der Waals surface area contributed by atoms with Gasteiger partial charge in [0.25, 0.3) is 5.22 Å². The minimum atomic E-state index is -0.278. The molecule has 3 aromatic rings. The number of hydrogen-bond acceptors (Lipinski definition) is 5. The van der Waals surface area contributed by atoms with Crippen LogP contribution < -0.4 is 0 Å². The second kappa shape index (κ2) is 7.65. The Labute approximate surface area is 153 Å². The van der Waals surface area contributed by atoms with Crippen molar-refractivity contribution in [1.29, 1.82) is 5.26 Å². The van der Waals surface area contributed by atoms with Crippen molar-refractivity contribution in [3.63, 3.8) is 0 Å². The molecule has 3 rings (SSSR count). The van der Waals surface area contributed by atoms with Crippen LogP contribution in [-0.4, -0.2) is 15.4 Å². The summed E-state index contributed by atoms with van der Waals surface area (Å²) in [4.78, 5) is 0. The van der Waals surface area contributed by atoms with E-state index in [2.05, 4.69) is 32.2 Å². The van der Waals surface area contributed by atoms with Crippen molar-refractivity contribution in [2.24, 2.45) is 0 Å². The number of nitriles is 1. The molecule has 0 saturated heterocycles. The Morgan fingerprint density at radius 2 is 1.92 bits per heavy atom. The summed E-state index contributed by atoms with van der Waals surface area (Å²) >= 11 is 4.76. The molecule has 0 bridgehead atoms. The summed E-state index contributed by atoms with van der Waals surface area (Å²) in [5.74, 6) is 0.442. The Hall–Kier alpha value is -2.10. The van der Waals surface area contributed by atoms with Gasteiger partial charge in [0.1, 0.15) is 5.25 Å². The van der Waals surface area contributed by atoms with E-state index in [9.17, 15) is 5.26 Å². The zero-order chi connectivity index (χ0) is 16.9. The van der Waals surface area contributed by atoms with Crippen LogP contribution in [0.25, 0.3) is 11.5 Å². The Balaban J connectivity index is 1.72. The van der Waals surface area contributed by atoms with Crippen LogP contribution in [0.1, 0.15) is 11.1 Å². The van der Waals surface area contributed by atoms with E-state index in [0.29, 0.717) is 17.5 Å². The lowest BCUT2D eigenvalue weighted by Gasteiger charge is -2.06. The van der Waals surface area contributed by atoms with Gasteiger partial charge in [0.2, 0.25) is 5.89 Å². The normalized spacial score (nSPS) is 11.9. The van der Waals surface area contributed by atoms with Crippen LogP contribution in [0.15, 0.2) is 62.6 Å². The van der Waals surface area contributed by atoms with E-state index in [1.165, 1.54) is 17.3 Å². The SMILES string of the molecule is Cc1ccc(C[C@@H](C#N)Sc2nnc(-c3ccccc3Br)o2)cc1. The van der Waals surface area contributed by atoms with Crippen molar-refractivity contribution in [2.75, 3.05) is 0 Å². The number of rotatable bonds is 5. The first-order valence-corrected chi connectivity index (χ1v) is 9.03. The predicted octanol–water partition coefficient (Wildman–Crippen LogP) is 5.03. The summed E-state index contributed by atoms with van der Waals surface area (Å²) in [6.07, 6.45) is 0.633. The number of nitrogens with zero attached hydrogens (tertiary/aromatic N) is 3. The summed E-state index contributed by atoms with van der Waals surface area (Å²) in [6, 6.07) is 18.1. The second-order valence-corrected chi connectivity index (χ2v) is 7.29. The second-order valence-electron chi connectivity index (χ2n) is 5.28. The van der Waals surface area contributed by atoms with Crippen LogP contribution in [-0.2, 0) is 6.42 Å². The Morgan fingerprint density at radius 3 is 2.62 bits per heavy atom. The Morgan fingerprint density at radius 1 is 1.17 bits per heavy atom. The van der Waals surface area contributed by atoms with Crippen molar-refractivity contribution in [3.05, 3.63) is 64.1 Å². The third kappa shape index (κ3) is 4.05. The average Bonchev–Trinajstić information content (AvgIpc) is 3.05. The molecular formula is C18H14BrN3OS. The molecule has 2 aromatic carbocycles. The van der Waals surface area contributed by atoms with Gasteiger partial charge in [0.05, 0.1) is 11.6 Å². The number of aromatic nitrogens is 2. The average molecular weight is 400 g/mol. The smallest absolute Gasteiger partial charge is 0.278 e. The highest BCUT2D eigenvalue weighted by molar-refractivity contribution is 9.10. The van der Waals surface area contributed by atoms with E-state index in [4.69, 9.17) is 4.42 Å². The van der Waals surface area contributed by atoms with Crippen LogP contribution in [0.3, 0.4) is 0 Å². The Bertz CT molecular complexity index is 870. The molecular weight excluding hydrogens is 386 g/mol. The number of thioether (sulfide) groups is 1. The van der Waals surface area contributed by atoms with E-state index >= 15 is 0 Å². The van der Waals surface area contributed by atoms with E-state index in [0.717, 1.165) is 15.6 Å². The molecule has 0 aliphatic heterocycles. The third-order valence-corrected chi connectivity index (χ3v) is 5.05. The zero-order valence-electron chi connectivity index (χ0n) is 12.9. The monoisotopic (exact) mass is 399 g/mol. The van der Waals surface area contributed by atoms with Crippen LogP contribution in [0, 0.1) is 18.3 Å². The molecule has 0 unspecified atom stereocenters. The molecule has 1 aromatic heterocycles. The summed E-state index contributed by atoms with van der Waals surface area (Å²) < 4.78 is 6.59. The van der Waals surface area contributed by atoms with E-state index < -0.39 is 0 Å². The first-order valence-electron chi connectivity index (χ1n) is 7.36. The van der Waals surface area contributed by atoms with Gasteiger partial charge >= 0.3 is 0 Å². The summed E-state index contributed by atoms with van der Waals surface area (Å²) in [5.41, 5.74) is 3.16. The molecule has 0 aliphatic carbocycles. The number of aryl methyl sites for hydroxylation is 1. The maximum absolute atomic E-state index is 9.40. The van der Waals surface area contributed by atoms with Crippen LogP contribution in [0.2, 0.25) is 0 Å². The fraction of sp³-hybridized carbons (Fsp3) is 0.167. The molecule has 0 spiro atoms. The van der Waals surface area contributed by atoms with Crippen LogP contribution in [0.4, 0.5) is 0 Å². The molecule has 120 valence electrons. The van der Waals surface area contributed by atoms with E-state index in [1.54, 1.807) is 0 Å². The maximum atomic E-state index is 9.40. The molecule has 0 N–H and O–H groups in total. The van der Waals surface area contributed by atoms with Gasteiger partial charge in [-0.05, 0) is 58.7 Å². The van der Waals surface area contributed by atoms with Gasteiger partial charge in [0, 0.05) is 4.47 Å². The topological polar surface area (TPSA) is 62.7 Å². The fourth-order valence-electron chi connectivity index (χ4n) is 2.17. The van der Waals surface area contributed by atoms with Crippen molar-refractivity contribution < 1.29 is 4.42 Å². The van der Waals surface area contributed by atoms with Gasteiger partial charge in [-0.3, -0.25) is 0 Å². The largest absolute Gasteiger partial charge is 0.411 e. The van der Waals surface area contributed by atoms with Crippen LogP contribution in [0.5, 0.6) is 0 Å². The van der Waals surface area contributed by atoms with Crippen molar-refractivity contribution in [2.45, 2.75) is 23.8 Å². The zero-order valence-corrected chi connectivity index (χ0v) is 15.3. The summed E-state index contributed by atoms with van der Waals surface area (Å²) in [6.45, 7) is 2.04. The van der Waals surface area contributed by atoms with Gasteiger partial charge in [-0.25, -0.2) is 0 Å². The van der Waals surface area contributed by atoms with Crippen molar-refractivity contribution in [1.82, 2.24) is 10.2 Å². The minimum Gasteiger partial charge on any atom is -0.411 e. The first kappa shape index (κ1) is 16.7. The van der Waals surface area contributed by atoms with Crippen molar-refractivity contribution in [3.8, 4) is 17.5 Å². The van der Waals surface area contributed by atoms with Gasteiger partial charge in [-0.15, -0.1) is 10.2 Å². The number of hydrogen-bond donors (Lipinski definition) is 0. The standard InChI is InChI=1S/C18H14BrN3OS/c1-12-6-8-13(9-7-12)10-14(11-20)24-18-22-21-17(23-18)15-4-2-3-5-16(15)19/h2-9,14H,10H2,1H3/t14-/m0/s1. The van der Waals surface area contributed by atoms with Crippen LogP contribution >= 0.6 is 27.7 Å². The molecule has 0 fully saturated rings. The lowest BCUT2D eigenvalue weighted by Crippen LogP contribution is -2.03. The highest BCUT2D eigenvalue weighted by Gasteiger charge is 2.17. The molecule has 1 heterocycles. The Kier molecular flexibility index (Phi) is 5.34. The van der Waals surface area contributed by atoms with Crippen molar-refractivity contribution >= 4 is 27.7 Å². The number of benzene rings is 2. The fourth-order valence-corrected chi connectivity index (χ4v) is 3.42. The highest BCUT2D eigenvalue weighted by Crippen LogP contribution is 2.31. The molecule has 0 aliphatic rings. The van der Waals surface area contributed by atoms with E-state index in [1.807, 2.05) is 55.5 Å². The molecule has 0 saturated carbocycles. The first-order chi connectivity index (χ1) is 11.7. The molecule has 24 heavy (non-hydrogen) atoms. The quantitative estimate of drug-likeness (QED) is 0.562. The molecule has 6 heteroatoms.